The van der Waals surface area contributed by atoms with Crippen LogP contribution in [0.25, 0.3) is 0 Å². The van der Waals surface area contributed by atoms with E-state index in [0.29, 0.717) is 18.3 Å². The lowest BCUT2D eigenvalue weighted by Gasteiger charge is -2.06. The van der Waals surface area contributed by atoms with Crippen LogP contribution in [0, 0.1) is 0 Å². The highest BCUT2D eigenvalue weighted by Gasteiger charge is 2.01. The van der Waals surface area contributed by atoms with Gasteiger partial charge in [-0.1, -0.05) is 24.9 Å². The van der Waals surface area contributed by atoms with Crippen molar-refractivity contribution in [2.45, 2.75) is 26.3 Å². The Hall–Kier alpha value is -1.29. The van der Waals surface area contributed by atoms with Crippen LogP contribution in [0.1, 0.15) is 25.3 Å². The van der Waals surface area contributed by atoms with Gasteiger partial charge in [0, 0.05) is 12.7 Å². The minimum atomic E-state index is -0.401. The molecule has 0 aliphatic carbocycles. The fourth-order valence-electron chi connectivity index (χ4n) is 1.09. The van der Waals surface area contributed by atoms with E-state index >= 15 is 0 Å². The predicted molar refractivity (Wildman–Crippen MR) is 62.3 cm³/mol. The van der Waals surface area contributed by atoms with Gasteiger partial charge in [0.05, 0.1) is 6.61 Å². The predicted octanol–water partition coefficient (Wildman–Crippen LogP) is 2.76. The van der Waals surface area contributed by atoms with Gasteiger partial charge in [0.1, 0.15) is 5.15 Å². The number of aromatic nitrogens is 1. The lowest BCUT2D eigenvalue weighted by atomic mass is 10.3. The quantitative estimate of drug-likeness (QED) is 0.638. The van der Waals surface area contributed by atoms with Crippen LogP contribution in [-0.4, -0.2) is 17.7 Å². The molecule has 0 aromatic carbocycles. The van der Waals surface area contributed by atoms with E-state index in [1.54, 1.807) is 18.3 Å². The van der Waals surface area contributed by atoms with E-state index in [1.165, 1.54) is 0 Å². The molecular weight excluding hydrogens is 228 g/mol. The molecule has 0 aliphatic heterocycles. The van der Waals surface area contributed by atoms with E-state index < -0.39 is 6.09 Å². The Morgan fingerprint density at radius 2 is 2.44 bits per heavy atom. The summed E-state index contributed by atoms with van der Waals surface area (Å²) in [6.45, 7) is 2.90. The normalized spacial score (nSPS) is 9.88. The van der Waals surface area contributed by atoms with Crippen molar-refractivity contribution in [3.63, 3.8) is 0 Å². The Labute approximate surface area is 100.0 Å². The van der Waals surface area contributed by atoms with Crippen LogP contribution in [-0.2, 0) is 11.3 Å². The summed E-state index contributed by atoms with van der Waals surface area (Å²) in [4.78, 5) is 15.0. The number of unbranched alkanes of at least 4 members (excludes halogenated alkanes) is 1. The highest BCUT2D eigenvalue weighted by atomic mass is 35.5. The van der Waals surface area contributed by atoms with Crippen LogP contribution in [0.2, 0.25) is 5.15 Å². The molecular formula is C11H15ClN2O2. The maximum Gasteiger partial charge on any atom is 0.407 e. The number of alkyl carbamates (subject to hydrolysis) is 1. The van der Waals surface area contributed by atoms with E-state index in [1.807, 2.05) is 6.92 Å². The number of hydrogen-bond acceptors (Lipinski definition) is 3. The number of nitrogens with one attached hydrogen (secondary N) is 1. The molecule has 0 saturated carbocycles. The first-order chi connectivity index (χ1) is 7.72. The van der Waals surface area contributed by atoms with Gasteiger partial charge in [-0.15, -0.1) is 0 Å². The van der Waals surface area contributed by atoms with Crippen molar-refractivity contribution in [2.75, 3.05) is 6.61 Å². The summed E-state index contributed by atoms with van der Waals surface area (Å²) in [6.07, 6.45) is 3.09. The maximum absolute atomic E-state index is 11.2. The zero-order chi connectivity index (χ0) is 11.8. The number of amides is 1. The Balaban J connectivity index is 2.26. The van der Waals surface area contributed by atoms with Crippen LogP contribution >= 0.6 is 11.6 Å². The summed E-state index contributed by atoms with van der Waals surface area (Å²) in [5, 5.41) is 3.05. The summed E-state index contributed by atoms with van der Waals surface area (Å²) in [5.41, 5.74) is 0.896. The second-order valence-electron chi connectivity index (χ2n) is 3.33. The number of rotatable bonds is 5. The number of hydrogen-bond donors (Lipinski definition) is 1. The number of ether oxygens (including phenoxy) is 1. The molecule has 4 nitrogen and oxygen atoms in total. The minimum Gasteiger partial charge on any atom is -0.450 e. The maximum atomic E-state index is 11.2. The van der Waals surface area contributed by atoms with Crippen molar-refractivity contribution in [1.29, 1.82) is 0 Å². The van der Waals surface area contributed by atoms with Gasteiger partial charge in [-0.2, -0.15) is 0 Å². The molecule has 0 saturated heterocycles. The molecule has 1 rings (SSSR count). The van der Waals surface area contributed by atoms with Gasteiger partial charge in [-0.25, -0.2) is 9.78 Å². The van der Waals surface area contributed by atoms with Crippen molar-refractivity contribution in [3.8, 4) is 0 Å². The third-order valence-corrected chi connectivity index (χ3v) is 2.17. The first-order valence-electron chi connectivity index (χ1n) is 5.23. The number of carbonyl (C=O) groups is 1. The monoisotopic (exact) mass is 242 g/mol. The molecule has 1 aromatic heterocycles. The lowest BCUT2D eigenvalue weighted by molar-refractivity contribution is 0.144. The Morgan fingerprint density at radius 3 is 3.12 bits per heavy atom. The molecule has 0 atom stereocenters. The fraction of sp³-hybridized carbons (Fsp3) is 0.455. The van der Waals surface area contributed by atoms with E-state index in [0.717, 1.165) is 18.4 Å². The smallest absolute Gasteiger partial charge is 0.407 e. The summed E-state index contributed by atoms with van der Waals surface area (Å²) < 4.78 is 4.94. The van der Waals surface area contributed by atoms with Crippen molar-refractivity contribution in [3.05, 3.63) is 29.0 Å². The van der Waals surface area contributed by atoms with Gasteiger partial charge in [0.25, 0.3) is 0 Å². The van der Waals surface area contributed by atoms with Gasteiger partial charge >= 0.3 is 6.09 Å². The van der Waals surface area contributed by atoms with E-state index in [2.05, 4.69) is 10.3 Å². The number of carbonyl (C=O) groups excluding carboxylic acids is 1. The average Bonchev–Trinajstić information content (AvgIpc) is 2.27. The third kappa shape index (κ3) is 4.98. The van der Waals surface area contributed by atoms with Crippen LogP contribution in [0.3, 0.4) is 0 Å². The van der Waals surface area contributed by atoms with Crippen LogP contribution in [0.5, 0.6) is 0 Å². The molecule has 1 N–H and O–H groups in total. The molecule has 0 spiro atoms. The molecule has 1 aromatic rings. The first-order valence-corrected chi connectivity index (χ1v) is 5.61. The van der Waals surface area contributed by atoms with Crippen molar-refractivity contribution in [2.24, 2.45) is 0 Å². The van der Waals surface area contributed by atoms with Gasteiger partial charge in [0.15, 0.2) is 0 Å². The standard InChI is InChI=1S/C11H15ClN2O2/c1-2-3-6-16-11(15)14-8-9-4-5-13-10(12)7-9/h4-5,7H,2-3,6,8H2,1H3,(H,14,15). The summed E-state index contributed by atoms with van der Waals surface area (Å²) in [5.74, 6) is 0. The van der Waals surface area contributed by atoms with Gasteiger partial charge in [0.2, 0.25) is 0 Å². The van der Waals surface area contributed by atoms with Crippen LogP contribution < -0.4 is 5.32 Å². The zero-order valence-electron chi connectivity index (χ0n) is 9.20. The molecule has 0 radical (unpaired) electrons. The zero-order valence-corrected chi connectivity index (χ0v) is 9.96. The number of nitrogens with zero attached hydrogens (tertiary/aromatic N) is 1. The van der Waals surface area contributed by atoms with Crippen molar-refractivity contribution < 1.29 is 9.53 Å². The van der Waals surface area contributed by atoms with Crippen molar-refractivity contribution >= 4 is 17.7 Å². The average molecular weight is 243 g/mol. The summed E-state index contributed by atoms with van der Waals surface area (Å²) in [6, 6.07) is 3.49. The highest BCUT2D eigenvalue weighted by molar-refractivity contribution is 6.29. The molecule has 0 fully saturated rings. The second kappa shape index (κ2) is 7.06. The topological polar surface area (TPSA) is 51.2 Å². The lowest BCUT2D eigenvalue weighted by Crippen LogP contribution is -2.24. The van der Waals surface area contributed by atoms with Crippen LogP contribution in [0.4, 0.5) is 4.79 Å². The van der Waals surface area contributed by atoms with E-state index in [9.17, 15) is 4.79 Å². The van der Waals surface area contributed by atoms with Gasteiger partial charge in [-0.05, 0) is 24.1 Å². The Morgan fingerprint density at radius 1 is 1.62 bits per heavy atom. The van der Waals surface area contributed by atoms with Crippen LogP contribution in [0.15, 0.2) is 18.3 Å². The molecule has 16 heavy (non-hydrogen) atoms. The third-order valence-electron chi connectivity index (χ3n) is 1.96. The second-order valence-corrected chi connectivity index (χ2v) is 3.72. The largest absolute Gasteiger partial charge is 0.450 e. The van der Waals surface area contributed by atoms with E-state index in [-0.39, 0.29) is 0 Å². The molecule has 1 heterocycles. The van der Waals surface area contributed by atoms with Crippen molar-refractivity contribution in [1.82, 2.24) is 10.3 Å². The Kier molecular flexibility index (Phi) is 5.64. The molecule has 0 unspecified atom stereocenters. The first kappa shape index (κ1) is 12.8. The van der Waals surface area contributed by atoms with E-state index in [4.69, 9.17) is 16.3 Å². The molecule has 1 amide bonds. The Bertz CT molecular complexity index is 345. The summed E-state index contributed by atoms with van der Waals surface area (Å²) >= 11 is 5.71. The highest BCUT2D eigenvalue weighted by Crippen LogP contribution is 2.06. The van der Waals surface area contributed by atoms with Gasteiger partial charge in [-0.3, -0.25) is 0 Å². The fourth-order valence-corrected chi connectivity index (χ4v) is 1.28. The molecule has 0 bridgehead atoms. The minimum absolute atomic E-state index is 0.396. The molecule has 5 heteroatoms. The summed E-state index contributed by atoms with van der Waals surface area (Å²) in [7, 11) is 0. The van der Waals surface area contributed by atoms with Gasteiger partial charge < -0.3 is 10.1 Å². The molecule has 0 aliphatic rings. The number of halogens is 1. The molecule has 88 valence electrons. The SMILES string of the molecule is CCCCOC(=O)NCc1ccnc(Cl)c1. The number of pyridine rings is 1.